The highest BCUT2D eigenvalue weighted by Gasteiger charge is 2.20. The molecule has 11 rings (SSSR count). The lowest BCUT2D eigenvalue weighted by molar-refractivity contribution is 1.13. The second kappa shape index (κ2) is 11.5. The summed E-state index contributed by atoms with van der Waals surface area (Å²) in [5, 5.41) is 17.6. The van der Waals surface area contributed by atoms with Gasteiger partial charge in [-0.2, -0.15) is 5.26 Å². The van der Waals surface area contributed by atoms with E-state index in [9.17, 15) is 5.26 Å². The largest absolute Gasteiger partial charge is 0.309 e. The predicted molar refractivity (Wildman–Crippen MR) is 224 cm³/mol. The van der Waals surface area contributed by atoms with E-state index in [-0.39, 0.29) is 0 Å². The molecule has 3 aromatic heterocycles. The van der Waals surface area contributed by atoms with Gasteiger partial charge in [0.1, 0.15) is 0 Å². The number of fused-ring (bicyclic) bond motifs is 10. The zero-order valence-corrected chi connectivity index (χ0v) is 29.3. The van der Waals surface area contributed by atoms with E-state index >= 15 is 0 Å². The van der Waals surface area contributed by atoms with Crippen molar-refractivity contribution in [2.24, 2.45) is 0 Å². The molecular formula is C49H29N3S. The van der Waals surface area contributed by atoms with Gasteiger partial charge in [0.2, 0.25) is 0 Å². The first kappa shape index (κ1) is 29.8. The normalized spacial score (nSPS) is 11.8. The summed E-state index contributed by atoms with van der Waals surface area (Å²) in [7, 11) is 0. The molecule has 0 aliphatic heterocycles. The van der Waals surface area contributed by atoms with Crippen LogP contribution in [0.15, 0.2) is 176 Å². The maximum Gasteiger partial charge on any atom is 0.0998 e. The first-order chi connectivity index (χ1) is 26.2. The predicted octanol–water partition coefficient (Wildman–Crippen LogP) is 13.5. The Morgan fingerprint density at radius 3 is 1.74 bits per heavy atom. The van der Waals surface area contributed by atoms with Crippen LogP contribution in [0, 0.1) is 11.3 Å². The molecule has 0 unspecified atom stereocenters. The SMILES string of the molecule is N#Cc1ccccc1-c1cccc(-c2cc(-n3c4ccccc4c4ccccc43)cc(-n3c4ccccc4c4c5sc6ccccc6c5ccc43)c2)c1. The van der Waals surface area contributed by atoms with E-state index in [1.165, 1.54) is 63.8 Å². The van der Waals surface area contributed by atoms with Crippen LogP contribution in [0.25, 0.3) is 97.4 Å². The smallest absolute Gasteiger partial charge is 0.0998 e. The summed E-state index contributed by atoms with van der Waals surface area (Å²) in [6.45, 7) is 0. The van der Waals surface area contributed by atoms with Crippen molar-refractivity contribution >= 4 is 75.1 Å². The molecule has 246 valence electrons. The number of nitrogens with zero attached hydrogens (tertiary/aromatic N) is 3. The van der Waals surface area contributed by atoms with Crippen molar-refractivity contribution in [3.63, 3.8) is 0 Å². The lowest BCUT2D eigenvalue weighted by atomic mass is 9.96. The third-order valence-electron chi connectivity index (χ3n) is 10.7. The average molecular weight is 692 g/mol. The molecule has 0 N–H and O–H groups in total. The highest BCUT2D eigenvalue weighted by atomic mass is 32.1. The van der Waals surface area contributed by atoms with Crippen molar-refractivity contribution in [3.05, 3.63) is 181 Å². The molecule has 0 saturated carbocycles. The molecule has 0 fully saturated rings. The van der Waals surface area contributed by atoms with Gasteiger partial charge in [0, 0.05) is 53.1 Å². The number of hydrogen-bond donors (Lipinski definition) is 0. The van der Waals surface area contributed by atoms with Gasteiger partial charge >= 0.3 is 0 Å². The molecule has 0 spiro atoms. The molecule has 4 heteroatoms. The van der Waals surface area contributed by atoms with E-state index in [0.29, 0.717) is 5.56 Å². The van der Waals surface area contributed by atoms with Crippen LogP contribution in [0.3, 0.4) is 0 Å². The van der Waals surface area contributed by atoms with Crippen molar-refractivity contribution in [2.45, 2.75) is 0 Å². The van der Waals surface area contributed by atoms with E-state index in [1.807, 2.05) is 35.6 Å². The van der Waals surface area contributed by atoms with Crippen LogP contribution >= 0.6 is 11.3 Å². The van der Waals surface area contributed by atoms with Crippen LogP contribution in [0.1, 0.15) is 5.56 Å². The van der Waals surface area contributed by atoms with E-state index in [2.05, 4.69) is 167 Å². The fourth-order valence-electron chi connectivity index (χ4n) is 8.43. The van der Waals surface area contributed by atoms with Crippen LogP contribution in [0.5, 0.6) is 0 Å². The number of para-hydroxylation sites is 3. The minimum Gasteiger partial charge on any atom is -0.309 e. The molecule has 0 aliphatic rings. The van der Waals surface area contributed by atoms with Crippen LogP contribution < -0.4 is 0 Å². The summed E-state index contributed by atoms with van der Waals surface area (Å²) in [6.07, 6.45) is 0. The van der Waals surface area contributed by atoms with Crippen LogP contribution in [0.2, 0.25) is 0 Å². The van der Waals surface area contributed by atoms with E-state index in [1.54, 1.807) is 0 Å². The monoisotopic (exact) mass is 691 g/mol. The molecule has 11 aromatic rings. The fraction of sp³-hybridized carbons (Fsp3) is 0. The molecular weight excluding hydrogens is 663 g/mol. The van der Waals surface area contributed by atoms with E-state index < -0.39 is 0 Å². The van der Waals surface area contributed by atoms with Crippen molar-refractivity contribution in [2.75, 3.05) is 0 Å². The summed E-state index contributed by atoms with van der Waals surface area (Å²) in [5.41, 5.74) is 11.7. The minimum atomic E-state index is 0.669. The molecule has 8 aromatic carbocycles. The van der Waals surface area contributed by atoms with Crippen molar-refractivity contribution in [3.8, 4) is 39.7 Å². The van der Waals surface area contributed by atoms with Crippen molar-refractivity contribution in [1.82, 2.24) is 9.13 Å². The van der Waals surface area contributed by atoms with E-state index in [4.69, 9.17) is 0 Å². The van der Waals surface area contributed by atoms with Gasteiger partial charge in [-0.3, -0.25) is 0 Å². The molecule has 0 radical (unpaired) electrons. The molecule has 0 saturated heterocycles. The molecule has 0 atom stereocenters. The Kier molecular flexibility index (Phi) is 6.48. The highest BCUT2D eigenvalue weighted by Crippen LogP contribution is 2.44. The van der Waals surface area contributed by atoms with Gasteiger partial charge in [-0.05, 0) is 82.9 Å². The Morgan fingerprint density at radius 1 is 0.415 bits per heavy atom. The number of rotatable bonds is 4. The van der Waals surface area contributed by atoms with Gasteiger partial charge in [0.15, 0.2) is 0 Å². The standard InChI is InChI=1S/C49H29N3S/c50-30-33-12-1-2-15-37(33)32-14-11-13-31(26-32)34-27-35(51-43-20-7-3-16-38(43)39-17-4-8-21-44(39)51)29-36(28-34)52-45-22-9-5-19-42(45)48-46(52)25-24-41-40-18-6-10-23-47(40)53-49(41)48/h1-29H. The van der Waals surface area contributed by atoms with E-state index in [0.717, 1.165) is 33.6 Å². The Hall–Kier alpha value is -6.93. The zero-order valence-electron chi connectivity index (χ0n) is 28.5. The van der Waals surface area contributed by atoms with Crippen LogP contribution in [-0.2, 0) is 0 Å². The fourth-order valence-corrected chi connectivity index (χ4v) is 9.69. The number of hydrogen-bond acceptors (Lipinski definition) is 2. The molecule has 3 nitrogen and oxygen atoms in total. The van der Waals surface area contributed by atoms with Crippen molar-refractivity contribution < 1.29 is 0 Å². The number of benzene rings is 8. The second-order valence-corrected chi connectivity index (χ2v) is 14.7. The molecule has 0 aliphatic carbocycles. The van der Waals surface area contributed by atoms with Gasteiger partial charge in [0.25, 0.3) is 0 Å². The van der Waals surface area contributed by atoms with Crippen LogP contribution in [-0.4, -0.2) is 9.13 Å². The molecule has 53 heavy (non-hydrogen) atoms. The summed E-state index contributed by atoms with van der Waals surface area (Å²) < 4.78 is 7.48. The maximum atomic E-state index is 9.95. The summed E-state index contributed by atoms with van der Waals surface area (Å²) in [4.78, 5) is 0. The maximum absolute atomic E-state index is 9.95. The lowest BCUT2D eigenvalue weighted by Gasteiger charge is -2.16. The Morgan fingerprint density at radius 2 is 1.00 bits per heavy atom. The van der Waals surface area contributed by atoms with Gasteiger partial charge in [-0.25, -0.2) is 0 Å². The molecule has 0 bridgehead atoms. The Bertz CT molecular complexity index is 3260. The second-order valence-electron chi connectivity index (χ2n) is 13.6. The minimum absolute atomic E-state index is 0.669. The molecule has 3 heterocycles. The highest BCUT2D eigenvalue weighted by molar-refractivity contribution is 7.26. The first-order valence-corrected chi connectivity index (χ1v) is 18.6. The first-order valence-electron chi connectivity index (χ1n) is 17.8. The quantitative estimate of drug-likeness (QED) is 0.181. The van der Waals surface area contributed by atoms with Gasteiger partial charge in [-0.1, -0.05) is 115 Å². The molecule has 0 amide bonds. The third kappa shape index (κ3) is 4.45. The number of nitriles is 1. The van der Waals surface area contributed by atoms with Gasteiger partial charge < -0.3 is 9.13 Å². The topological polar surface area (TPSA) is 33.6 Å². The van der Waals surface area contributed by atoms with Crippen LogP contribution in [0.4, 0.5) is 0 Å². The van der Waals surface area contributed by atoms with Gasteiger partial charge in [-0.15, -0.1) is 11.3 Å². The Labute approximate surface area is 309 Å². The zero-order chi connectivity index (χ0) is 35.0. The summed E-state index contributed by atoms with van der Waals surface area (Å²) in [5.74, 6) is 0. The average Bonchev–Trinajstić information content (AvgIpc) is 3.88. The number of thiophene rings is 1. The lowest BCUT2D eigenvalue weighted by Crippen LogP contribution is -2.00. The summed E-state index contributed by atoms with van der Waals surface area (Å²) in [6, 6.07) is 65.4. The third-order valence-corrected chi connectivity index (χ3v) is 11.9. The van der Waals surface area contributed by atoms with Gasteiger partial charge in [0.05, 0.1) is 33.7 Å². The Balaban J connectivity index is 1.24. The number of aromatic nitrogens is 2. The van der Waals surface area contributed by atoms with Crippen molar-refractivity contribution in [1.29, 1.82) is 5.26 Å². The summed E-state index contributed by atoms with van der Waals surface area (Å²) >= 11 is 1.88.